The van der Waals surface area contributed by atoms with E-state index in [1.807, 2.05) is 55.5 Å². The third-order valence-corrected chi connectivity index (χ3v) is 4.83. The van der Waals surface area contributed by atoms with Crippen LogP contribution in [0.15, 0.2) is 48.5 Å². The van der Waals surface area contributed by atoms with Crippen molar-refractivity contribution in [3.8, 4) is 5.75 Å². The van der Waals surface area contributed by atoms with Crippen molar-refractivity contribution in [2.24, 2.45) is 0 Å². The molecule has 1 N–H and O–H groups in total. The molecule has 3 rings (SSSR count). The minimum Gasteiger partial charge on any atom is -0.491 e. The van der Waals surface area contributed by atoms with Gasteiger partial charge in [-0.05, 0) is 30.7 Å². The summed E-state index contributed by atoms with van der Waals surface area (Å²) in [5.41, 5.74) is 2.49. The van der Waals surface area contributed by atoms with Crippen LogP contribution in [-0.2, 0) is 22.1 Å². The summed E-state index contributed by atoms with van der Waals surface area (Å²) >= 11 is 0. The predicted molar refractivity (Wildman–Crippen MR) is 101 cm³/mol. The Balaban J connectivity index is 1.80. The summed E-state index contributed by atoms with van der Waals surface area (Å²) in [5, 5.41) is 10.4. The van der Waals surface area contributed by atoms with Crippen molar-refractivity contribution in [3.63, 3.8) is 0 Å². The van der Waals surface area contributed by atoms with Gasteiger partial charge in [0, 0.05) is 6.26 Å². The fourth-order valence-electron chi connectivity index (χ4n) is 2.84. The topological polar surface area (TPSA) is 81.4 Å². The number of aryl methyl sites for hydroxylation is 1. The van der Waals surface area contributed by atoms with Crippen LogP contribution in [0.4, 0.5) is 0 Å². The van der Waals surface area contributed by atoms with Gasteiger partial charge in [0.1, 0.15) is 30.0 Å². The molecule has 2 aromatic carbocycles. The molecule has 0 aliphatic rings. The molecule has 0 saturated carbocycles. The number of aliphatic hydroxyl groups excluding tert-OH is 1. The molecule has 7 heteroatoms. The second-order valence-corrected chi connectivity index (χ2v) is 8.57. The molecule has 0 aliphatic heterocycles. The zero-order valence-corrected chi connectivity index (χ0v) is 15.6. The Morgan fingerprint density at radius 3 is 2.58 bits per heavy atom. The SMILES string of the molecule is Cc1ccccc1OC[C@H](O)Cn1c(CS(C)(=O)=O)nc2ccccc21. The largest absolute Gasteiger partial charge is 0.491 e. The molecule has 1 aromatic heterocycles. The van der Waals surface area contributed by atoms with Crippen LogP contribution in [0.1, 0.15) is 11.4 Å². The normalized spacial score (nSPS) is 13.0. The van der Waals surface area contributed by atoms with E-state index in [0.29, 0.717) is 11.3 Å². The van der Waals surface area contributed by atoms with E-state index in [1.54, 1.807) is 4.57 Å². The maximum absolute atomic E-state index is 11.7. The number of benzene rings is 2. The standard InChI is InChI=1S/C19H22N2O4S/c1-14-7-3-6-10-18(14)25-12-15(22)11-21-17-9-5-4-8-16(17)20-19(21)13-26(2,23)24/h3-10,15,22H,11-13H2,1-2H3/t15-/m1/s1. The molecule has 0 unspecified atom stereocenters. The smallest absolute Gasteiger partial charge is 0.154 e. The van der Waals surface area contributed by atoms with Gasteiger partial charge in [0.05, 0.1) is 17.6 Å². The van der Waals surface area contributed by atoms with Crippen LogP contribution in [0.3, 0.4) is 0 Å². The summed E-state index contributed by atoms with van der Waals surface area (Å²) in [6.45, 7) is 2.25. The number of para-hydroxylation sites is 3. The Hall–Kier alpha value is -2.38. The van der Waals surface area contributed by atoms with Crippen LogP contribution < -0.4 is 4.74 Å². The molecular weight excluding hydrogens is 352 g/mol. The first-order valence-electron chi connectivity index (χ1n) is 8.32. The number of sulfone groups is 1. The van der Waals surface area contributed by atoms with Crippen molar-refractivity contribution < 1.29 is 18.3 Å². The van der Waals surface area contributed by atoms with Crippen LogP contribution in [0, 0.1) is 6.92 Å². The van der Waals surface area contributed by atoms with Gasteiger partial charge in [-0.3, -0.25) is 0 Å². The Kier molecular flexibility index (Phi) is 5.29. The van der Waals surface area contributed by atoms with Crippen LogP contribution >= 0.6 is 0 Å². The Morgan fingerprint density at radius 1 is 1.15 bits per heavy atom. The molecule has 1 atom stereocenters. The van der Waals surface area contributed by atoms with E-state index in [0.717, 1.165) is 16.8 Å². The molecule has 138 valence electrons. The van der Waals surface area contributed by atoms with Gasteiger partial charge >= 0.3 is 0 Å². The Labute approximate surface area is 153 Å². The second-order valence-electron chi connectivity index (χ2n) is 6.43. The molecule has 0 bridgehead atoms. The molecule has 0 amide bonds. The average Bonchev–Trinajstić information content (AvgIpc) is 2.90. The van der Waals surface area contributed by atoms with Gasteiger partial charge < -0.3 is 14.4 Å². The van der Waals surface area contributed by atoms with E-state index < -0.39 is 15.9 Å². The van der Waals surface area contributed by atoms with Crippen molar-refractivity contribution >= 4 is 20.9 Å². The number of hydrogen-bond donors (Lipinski definition) is 1. The van der Waals surface area contributed by atoms with E-state index in [2.05, 4.69) is 4.98 Å². The molecule has 26 heavy (non-hydrogen) atoms. The summed E-state index contributed by atoms with van der Waals surface area (Å²) in [7, 11) is -3.24. The maximum Gasteiger partial charge on any atom is 0.154 e. The van der Waals surface area contributed by atoms with Gasteiger partial charge in [-0.1, -0.05) is 30.3 Å². The average molecular weight is 374 g/mol. The molecule has 0 saturated heterocycles. The Morgan fingerprint density at radius 2 is 1.85 bits per heavy atom. The van der Waals surface area contributed by atoms with E-state index >= 15 is 0 Å². The van der Waals surface area contributed by atoms with Crippen LogP contribution in [0.5, 0.6) is 5.75 Å². The summed E-state index contributed by atoms with van der Waals surface area (Å²) < 4.78 is 30.9. The minimum absolute atomic E-state index is 0.107. The maximum atomic E-state index is 11.7. The number of rotatable bonds is 7. The van der Waals surface area contributed by atoms with Crippen LogP contribution in [0.25, 0.3) is 11.0 Å². The lowest BCUT2D eigenvalue weighted by Crippen LogP contribution is -2.25. The van der Waals surface area contributed by atoms with Crippen molar-refractivity contribution in [2.45, 2.75) is 25.3 Å². The molecule has 0 fully saturated rings. The van der Waals surface area contributed by atoms with Crippen molar-refractivity contribution in [1.29, 1.82) is 0 Å². The highest BCUT2D eigenvalue weighted by Crippen LogP contribution is 2.19. The Bertz CT molecular complexity index is 1010. The van der Waals surface area contributed by atoms with E-state index in [-0.39, 0.29) is 18.9 Å². The van der Waals surface area contributed by atoms with Crippen LogP contribution in [0.2, 0.25) is 0 Å². The fourth-order valence-corrected chi connectivity index (χ4v) is 3.53. The molecule has 3 aromatic rings. The zero-order valence-electron chi connectivity index (χ0n) is 14.8. The summed E-state index contributed by atoms with van der Waals surface area (Å²) in [4.78, 5) is 4.42. The lowest BCUT2D eigenvalue weighted by Gasteiger charge is -2.16. The number of aliphatic hydroxyl groups is 1. The first-order valence-corrected chi connectivity index (χ1v) is 10.4. The molecule has 1 heterocycles. The first-order chi connectivity index (χ1) is 12.3. The number of imidazole rings is 1. The monoisotopic (exact) mass is 374 g/mol. The van der Waals surface area contributed by atoms with Crippen molar-refractivity contribution in [1.82, 2.24) is 9.55 Å². The van der Waals surface area contributed by atoms with Gasteiger partial charge in [-0.2, -0.15) is 0 Å². The van der Waals surface area contributed by atoms with Crippen molar-refractivity contribution in [2.75, 3.05) is 12.9 Å². The van der Waals surface area contributed by atoms with Gasteiger partial charge in [0.25, 0.3) is 0 Å². The molecular formula is C19H22N2O4S. The molecule has 0 radical (unpaired) electrons. The lowest BCUT2D eigenvalue weighted by molar-refractivity contribution is 0.0925. The number of nitrogens with zero attached hydrogens (tertiary/aromatic N) is 2. The highest BCUT2D eigenvalue weighted by Gasteiger charge is 2.18. The summed E-state index contributed by atoms with van der Waals surface area (Å²) in [6, 6.07) is 15.0. The third kappa shape index (κ3) is 4.42. The molecule has 0 aliphatic carbocycles. The van der Waals surface area contributed by atoms with E-state index in [1.165, 1.54) is 6.26 Å². The third-order valence-electron chi connectivity index (χ3n) is 4.04. The van der Waals surface area contributed by atoms with Crippen LogP contribution in [-0.4, -0.2) is 42.0 Å². The number of fused-ring (bicyclic) bond motifs is 1. The van der Waals surface area contributed by atoms with Gasteiger partial charge in [-0.15, -0.1) is 0 Å². The number of aromatic nitrogens is 2. The fraction of sp³-hybridized carbons (Fsp3) is 0.316. The molecule has 6 nitrogen and oxygen atoms in total. The number of hydrogen-bond acceptors (Lipinski definition) is 5. The minimum atomic E-state index is -3.24. The molecule has 0 spiro atoms. The highest BCUT2D eigenvalue weighted by molar-refractivity contribution is 7.89. The number of ether oxygens (including phenoxy) is 1. The van der Waals surface area contributed by atoms with E-state index in [4.69, 9.17) is 4.74 Å². The highest BCUT2D eigenvalue weighted by atomic mass is 32.2. The van der Waals surface area contributed by atoms with Crippen molar-refractivity contribution in [3.05, 3.63) is 59.9 Å². The second kappa shape index (κ2) is 7.47. The quantitative estimate of drug-likeness (QED) is 0.686. The van der Waals surface area contributed by atoms with Gasteiger partial charge in [-0.25, -0.2) is 13.4 Å². The van der Waals surface area contributed by atoms with E-state index in [9.17, 15) is 13.5 Å². The van der Waals surface area contributed by atoms with Gasteiger partial charge in [0.2, 0.25) is 0 Å². The lowest BCUT2D eigenvalue weighted by atomic mass is 10.2. The summed E-state index contributed by atoms with van der Waals surface area (Å²) in [6.07, 6.45) is 0.375. The summed E-state index contributed by atoms with van der Waals surface area (Å²) in [5.74, 6) is 0.967. The predicted octanol–water partition coefficient (Wildman–Crippen LogP) is 2.33. The van der Waals surface area contributed by atoms with Gasteiger partial charge in [0.15, 0.2) is 9.84 Å². The zero-order chi connectivity index (χ0) is 18.7. The first kappa shape index (κ1) is 18.4.